The van der Waals surface area contributed by atoms with Crippen LogP contribution < -0.4 is 9.64 Å². The number of halogens is 1. The number of aromatic nitrogens is 2. The van der Waals surface area contributed by atoms with Gasteiger partial charge in [-0.2, -0.15) is 0 Å². The number of likely N-dealkylation sites (tertiary alicyclic amines) is 1. The molecule has 3 aromatic carbocycles. The van der Waals surface area contributed by atoms with Crippen molar-refractivity contribution in [1.82, 2.24) is 19.4 Å². The predicted octanol–water partition coefficient (Wildman–Crippen LogP) is 4.73. The third kappa shape index (κ3) is 5.34. The molecule has 0 unspecified atom stereocenters. The first-order chi connectivity index (χ1) is 19.1. The zero-order chi connectivity index (χ0) is 26.8. The van der Waals surface area contributed by atoms with Crippen LogP contribution in [0.15, 0.2) is 72.8 Å². The average molecular weight is 528 g/mol. The van der Waals surface area contributed by atoms with Gasteiger partial charge >= 0.3 is 0 Å². The fraction of sp³-hybridized carbons (Fsp3) is 0.355. The van der Waals surface area contributed by atoms with Crippen LogP contribution in [0.5, 0.6) is 5.75 Å². The van der Waals surface area contributed by atoms with E-state index in [1.807, 2.05) is 41.3 Å². The van der Waals surface area contributed by atoms with E-state index in [1.54, 1.807) is 19.2 Å². The zero-order valence-electron chi connectivity index (χ0n) is 22.3. The van der Waals surface area contributed by atoms with Crippen LogP contribution in [0.4, 0.5) is 10.1 Å². The number of piperazine rings is 1. The van der Waals surface area contributed by atoms with Crippen molar-refractivity contribution in [3.05, 3.63) is 84.4 Å². The number of amides is 1. The van der Waals surface area contributed by atoms with Gasteiger partial charge < -0.3 is 14.5 Å². The molecule has 7 nitrogen and oxygen atoms in total. The lowest BCUT2D eigenvalue weighted by Crippen LogP contribution is -2.52. The standard InChI is InChI=1S/C31H34FN5O2/c1-39-27-14-12-25(13-15-27)35-17-19-36(20-18-35)31(38)23-5-4-16-34(21-23)22-30-33-28-6-2-3-7-29(28)37(30)26-10-8-24(32)9-11-26/h2-3,6-15,23H,4-5,16-22H2,1H3/t23-/m1/s1. The van der Waals surface area contributed by atoms with Gasteiger partial charge in [0.05, 0.1) is 30.6 Å². The number of carbonyl (C=O) groups excluding carboxylic acids is 1. The summed E-state index contributed by atoms with van der Waals surface area (Å²) in [5.74, 6) is 1.76. The maximum Gasteiger partial charge on any atom is 0.227 e. The number of ether oxygens (including phenoxy) is 1. The number of hydrogen-bond acceptors (Lipinski definition) is 5. The Morgan fingerprint density at radius 3 is 2.38 bits per heavy atom. The van der Waals surface area contributed by atoms with E-state index in [2.05, 4.69) is 26.5 Å². The molecule has 8 heteroatoms. The number of anilines is 1. The van der Waals surface area contributed by atoms with E-state index >= 15 is 0 Å². The van der Waals surface area contributed by atoms with Gasteiger partial charge in [0.25, 0.3) is 0 Å². The first kappa shape index (κ1) is 25.4. The molecule has 0 bridgehead atoms. The molecular formula is C31H34FN5O2. The quantitative estimate of drug-likeness (QED) is 0.363. The minimum atomic E-state index is -0.257. The van der Waals surface area contributed by atoms with Crippen molar-refractivity contribution in [2.45, 2.75) is 19.4 Å². The van der Waals surface area contributed by atoms with Crippen LogP contribution >= 0.6 is 0 Å². The van der Waals surface area contributed by atoms with Crippen LogP contribution in [0.25, 0.3) is 16.7 Å². The van der Waals surface area contributed by atoms with Crippen LogP contribution in [-0.2, 0) is 11.3 Å². The van der Waals surface area contributed by atoms with E-state index in [9.17, 15) is 9.18 Å². The van der Waals surface area contributed by atoms with E-state index < -0.39 is 0 Å². The number of carbonyl (C=O) groups is 1. The summed E-state index contributed by atoms with van der Waals surface area (Å²) in [4.78, 5) is 25.2. The fourth-order valence-corrected chi connectivity index (χ4v) is 5.90. The molecular weight excluding hydrogens is 493 g/mol. The average Bonchev–Trinajstić information content (AvgIpc) is 3.35. The molecule has 0 radical (unpaired) electrons. The van der Waals surface area contributed by atoms with Crippen molar-refractivity contribution >= 4 is 22.6 Å². The molecule has 1 amide bonds. The Hall–Kier alpha value is -3.91. The summed E-state index contributed by atoms with van der Waals surface area (Å²) in [6.45, 7) is 5.43. The lowest BCUT2D eigenvalue weighted by molar-refractivity contribution is -0.137. The van der Waals surface area contributed by atoms with Crippen LogP contribution in [0.2, 0.25) is 0 Å². The Labute approximate surface area is 228 Å². The van der Waals surface area contributed by atoms with Gasteiger partial charge in [-0.3, -0.25) is 14.3 Å². The summed E-state index contributed by atoms with van der Waals surface area (Å²) >= 11 is 0. The van der Waals surface area contributed by atoms with Gasteiger partial charge in [0.2, 0.25) is 5.91 Å². The fourth-order valence-electron chi connectivity index (χ4n) is 5.90. The van der Waals surface area contributed by atoms with Gasteiger partial charge in [0, 0.05) is 44.1 Å². The molecule has 1 atom stereocenters. The van der Waals surface area contributed by atoms with Crippen molar-refractivity contribution in [3.8, 4) is 11.4 Å². The smallest absolute Gasteiger partial charge is 0.227 e. The second kappa shape index (κ2) is 11.1. The van der Waals surface area contributed by atoms with Crippen molar-refractivity contribution in [2.75, 3.05) is 51.3 Å². The summed E-state index contributed by atoms with van der Waals surface area (Å²) in [5, 5.41) is 0. The second-order valence-corrected chi connectivity index (χ2v) is 10.4. The summed E-state index contributed by atoms with van der Waals surface area (Å²) in [5.41, 5.74) is 3.96. The summed E-state index contributed by atoms with van der Waals surface area (Å²) < 4.78 is 21.0. The first-order valence-corrected chi connectivity index (χ1v) is 13.7. The van der Waals surface area contributed by atoms with E-state index in [-0.39, 0.29) is 17.6 Å². The van der Waals surface area contributed by atoms with Crippen molar-refractivity contribution in [2.24, 2.45) is 5.92 Å². The molecule has 0 saturated carbocycles. The molecule has 2 aliphatic rings. The van der Waals surface area contributed by atoms with E-state index in [0.29, 0.717) is 6.54 Å². The maximum atomic E-state index is 13.6. The minimum absolute atomic E-state index is 0.00469. The summed E-state index contributed by atoms with van der Waals surface area (Å²) in [6.07, 6.45) is 1.90. The van der Waals surface area contributed by atoms with Crippen molar-refractivity contribution in [3.63, 3.8) is 0 Å². The van der Waals surface area contributed by atoms with Crippen LogP contribution in [0, 0.1) is 11.7 Å². The normalized spacial score (nSPS) is 18.5. The minimum Gasteiger partial charge on any atom is -0.497 e. The molecule has 0 spiro atoms. The number of rotatable bonds is 6. The van der Waals surface area contributed by atoms with Crippen LogP contribution in [0.1, 0.15) is 18.7 Å². The molecule has 2 aliphatic heterocycles. The highest BCUT2D eigenvalue weighted by atomic mass is 19.1. The Bertz CT molecular complexity index is 1430. The Kier molecular flexibility index (Phi) is 7.20. The van der Waals surface area contributed by atoms with Gasteiger partial charge in [-0.15, -0.1) is 0 Å². The number of methoxy groups -OCH3 is 1. The van der Waals surface area contributed by atoms with Crippen molar-refractivity contribution < 1.29 is 13.9 Å². The lowest BCUT2D eigenvalue weighted by Gasteiger charge is -2.39. The van der Waals surface area contributed by atoms with Crippen LogP contribution in [0.3, 0.4) is 0 Å². The number of imidazole rings is 1. The van der Waals surface area contributed by atoms with E-state index in [0.717, 1.165) is 86.1 Å². The van der Waals surface area contributed by atoms with Gasteiger partial charge in [-0.1, -0.05) is 12.1 Å². The molecule has 0 aliphatic carbocycles. The first-order valence-electron chi connectivity index (χ1n) is 13.7. The largest absolute Gasteiger partial charge is 0.497 e. The molecule has 3 heterocycles. The lowest BCUT2D eigenvalue weighted by atomic mass is 9.96. The summed E-state index contributed by atoms with van der Waals surface area (Å²) in [7, 11) is 1.67. The van der Waals surface area contributed by atoms with Gasteiger partial charge in [-0.25, -0.2) is 9.37 Å². The maximum absolute atomic E-state index is 13.6. The number of hydrogen-bond donors (Lipinski definition) is 0. The molecule has 0 N–H and O–H groups in total. The zero-order valence-corrected chi connectivity index (χ0v) is 22.3. The number of fused-ring (bicyclic) bond motifs is 1. The predicted molar refractivity (Wildman–Crippen MR) is 151 cm³/mol. The monoisotopic (exact) mass is 527 g/mol. The van der Waals surface area contributed by atoms with Gasteiger partial charge in [0.15, 0.2) is 0 Å². The van der Waals surface area contributed by atoms with Crippen LogP contribution in [-0.4, -0.2) is 71.6 Å². The molecule has 6 rings (SSSR count). The Morgan fingerprint density at radius 2 is 1.64 bits per heavy atom. The molecule has 4 aromatic rings. The third-order valence-electron chi connectivity index (χ3n) is 7.96. The van der Waals surface area contributed by atoms with E-state index in [1.165, 1.54) is 12.1 Å². The molecule has 2 fully saturated rings. The third-order valence-corrected chi connectivity index (χ3v) is 7.96. The number of para-hydroxylation sites is 2. The summed E-state index contributed by atoms with van der Waals surface area (Å²) in [6, 6.07) is 22.7. The number of nitrogens with zero attached hydrogens (tertiary/aromatic N) is 5. The van der Waals surface area contributed by atoms with Crippen molar-refractivity contribution in [1.29, 1.82) is 0 Å². The molecule has 1 aromatic heterocycles. The molecule has 202 valence electrons. The highest BCUT2D eigenvalue weighted by Crippen LogP contribution is 2.27. The SMILES string of the molecule is COc1ccc(N2CCN(C(=O)[C@@H]3CCCN(Cc4nc5ccccc5n4-c4ccc(F)cc4)C3)CC2)cc1. The highest BCUT2D eigenvalue weighted by Gasteiger charge is 2.31. The number of benzene rings is 3. The Morgan fingerprint density at radius 1 is 0.923 bits per heavy atom. The molecule has 39 heavy (non-hydrogen) atoms. The second-order valence-electron chi connectivity index (χ2n) is 10.4. The van der Waals surface area contributed by atoms with E-state index in [4.69, 9.17) is 9.72 Å². The van der Waals surface area contributed by atoms with Gasteiger partial charge in [0.1, 0.15) is 17.4 Å². The topological polar surface area (TPSA) is 53.8 Å². The Balaban J connectivity index is 1.12. The molecule has 2 saturated heterocycles. The van der Waals surface area contributed by atoms with Gasteiger partial charge in [-0.05, 0) is 80.1 Å². The number of piperidine rings is 1. The highest BCUT2D eigenvalue weighted by molar-refractivity contribution is 5.80.